The number of esters is 2. The van der Waals surface area contributed by atoms with E-state index in [0.717, 1.165) is 6.07 Å². The van der Waals surface area contributed by atoms with Gasteiger partial charge < -0.3 is 39.1 Å². The first kappa shape index (κ1) is 44.4. The number of carbonyl (C=O) groups is 3. The van der Waals surface area contributed by atoms with E-state index in [2.05, 4.69) is 16.7 Å². The Morgan fingerprint density at radius 2 is 1.62 bits per heavy atom. The molecule has 12 nitrogen and oxygen atoms in total. The van der Waals surface area contributed by atoms with Crippen molar-refractivity contribution in [3.63, 3.8) is 0 Å². The molecule has 3 aromatic carbocycles. The van der Waals surface area contributed by atoms with Crippen molar-refractivity contribution in [3.8, 4) is 11.8 Å². The van der Waals surface area contributed by atoms with Crippen LogP contribution in [0.5, 0.6) is 5.75 Å². The molecule has 302 valence electrons. The van der Waals surface area contributed by atoms with Crippen LogP contribution < -0.4 is 15.4 Å². The number of amides is 1. The van der Waals surface area contributed by atoms with Gasteiger partial charge in [0.2, 0.25) is 5.91 Å². The summed E-state index contributed by atoms with van der Waals surface area (Å²) in [7, 11) is 2.88. The summed E-state index contributed by atoms with van der Waals surface area (Å²) >= 11 is 12.3. The molecule has 3 aromatic rings. The molecule has 0 spiro atoms. The van der Waals surface area contributed by atoms with E-state index in [1.807, 2.05) is 20.8 Å². The normalized spacial score (nSPS) is 19.2. The zero-order valence-corrected chi connectivity index (χ0v) is 33.2. The third-order valence-corrected chi connectivity index (χ3v) is 9.57. The van der Waals surface area contributed by atoms with E-state index in [0.29, 0.717) is 26.4 Å². The number of hydrogen-bond donors (Lipinski definition) is 2. The summed E-state index contributed by atoms with van der Waals surface area (Å²) in [5.41, 5.74) is -2.30. The van der Waals surface area contributed by atoms with Crippen LogP contribution in [-0.4, -0.2) is 90.4 Å². The molecule has 4 rings (SSSR count). The van der Waals surface area contributed by atoms with Crippen molar-refractivity contribution in [1.82, 2.24) is 5.32 Å². The predicted octanol–water partition coefficient (Wildman–Crippen LogP) is 6.62. The van der Waals surface area contributed by atoms with Crippen LogP contribution in [0.1, 0.15) is 54.6 Å². The summed E-state index contributed by atoms with van der Waals surface area (Å²) in [4.78, 5) is 39.3. The minimum atomic E-state index is -1.83. The van der Waals surface area contributed by atoms with Crippen LogP contribution in [0.15, 0.2) is 54.6 Å². The molecule has 4 atom stereocenters. The Kier molecular flexibility index (Phi) is 16.0. The Hall–Kier alpha value is -4.36. The Morgan fingerprint density at radius 1 is 0.929 bits per heavy atom. The van der Waals surface area contributed by atoms with Gasteiger partial charge in [-0.2, -0.15) is 5.26 Å². The summed E-state index contributed by atoms with van der Waals surface area (Å²) in [6, 6.07) is 12.3. The predicted molar refractivity (Wildman–Crippen MR) is 204 cm³/mol. The summed E-state index contributed by atoms with van der Waals surface area (Å²) in [6.07, 6.45) is 0.275. The highest BCUT2D eigenvalue weighted by Crippen LogP contribution is 2.53. The molecule has 0 saturated carbocycles. The number of anilines is 1. The number of rotatable bonds is 18. The zero-order chi connectivity index (χ0) is 41.0. The second-order valence-electron chi connectivity index (χ2n) is 14.1. The molecule has 0 unspecified atom stereocenters. The quantitative estimate of drug-likeness (QED) is 0.105. The minimum Gasteiger partial charge on any atom is -0.495 e. The van der Waals surface area contributed by atoms with Gasteiger partial charge in [0.25, 0.3) is 0 Å². The molecular weight excluding hydrogens is 775 g/mol. The summed E-state index contributed by atoms with van der Waals surface area (Å²) in [5.74, 6) is -5.29. The maximum absolute atomic E-state index is 16.0. The summed E-state index contributed by atoms with van der Waals surface area (Å²) in [5, 5.41) is 16.9. The first-order valence-electron chi connectivity index (χ1n) is 17.7. The highest BCUT2D eigenvalue weighted by molar-refractivity contribution is 6.31. The van der Waals surface area contributed by atoms with E-state index in [9.17, 15) is 19.6 Å². The van der Waals surface area contributed by atoms with E-state index in [-0.39, 0.29) is 57.8 Å². The number of nitriles is 1. The van der Waals surface area contributed by atoms with Crippen LogP contribution in [0.25, 0.3) is 0 Å². The van der Waals surface area contributed by atoms with Gasteiger partial charge in [0.15, 0.2) is 6.61 Å². The van der Waals surface area contributed by atoms with E-state index < -0.39 is 64.9 Å². The zero-order valence-electron chi connectivity index (χ0n) is 31.7. The average Bonchev–Trinajstić information content (AvgIpc) is 3.47. The summed E-state index contributed by atoms with van der Waals surface area (Å²) in [6.45, 7) is 6.74. The van der Waals surface area contributed by atoms with Crippen molar-refractivity contribution >= 4 is 46.7 Å². The smallest absolute Gasteiger partial charge is 0.344 e. The molecule has 1 aliphatic heterocycles. The van der Waals surface area contributed by atoms with Crippen molar-refractivity contribution in [2.45, 2.75) is 50.6 Å². The van der Waals surface area contributed by atoms with E-state index >= 15 is 8.78 Å². The molecule has 0 aromatic heterocycles. The van der Waals surface area contributed by atoms with Gasteiger partial charge in [-0.1, -0.05) is 62.2 Å². The van der Waals surface area contributed by atoms with Crippen LogP contribution in [0.2, 0.25) is 10.0 Å². The lowest BCUT2D eigenvalue weighted by molar-refractivity contribution is -0.148. The largest absolute Gasteiger partial charge is 0.495 e. The maximum atomic E-state index is 16.0. The number of nitrogens with one attached hydrogen (secondary N) is 2. The molecule has 0 radical (unpaired) electrons. The van der Waals surface area contributed by atoms with Crippen LogP contribution >= 0.6 is 23.2 Å². The van der Waals surface area contributed by atoms with E-state index in [1.165, 1.54) is 55.6 Å². The standard InChI is InChI=1S/C40H45Cl2F2N3O9/c1-39(2,3)21-32-40(23-45,27-11-10-25(41)20-29(27)43)34(26-7-6-8-28(42)35(26)44)36(47-32)37(49)46-30-12-9-24(19-31(30)52-5)38(50)56-22-33(48)55-18-17-54-16-15-53-14-13-51-4/h6-12,19-20,32,34,36,47H,13-18,21-22H2,1-5H3,(H,46,49)/t32-,34-,36+,40-/m0/s1. The molecule has 2 N–H and O–H groups in total. The maximum Gasteiger partial charge on any atom is 0.344 e. The van der Waals surface area contributed by atoms with Crippen molar-refractivity contribution in [2.24, 2.45) is 5.41 Å². The number of nitrogens with zero attached hydrogens (tertiary/aromatic N) is 1. The Balaban J connectivity index is 1.55. The highest BCUT2D eigenvalue weighted by Gasteiger charge is 2.61. The molecule has 1 heterocycles. The van der Waals surface area contributed by atoms with Gasteiger partial charge in [-0.3, -0.25) is 4.79 Å². The van der Waals surface area contributed by atoms with Crippen molar-refractivity contribution in [1.29, 1.82) is 5.26 Å². The molecule has 1 amide bonds. The molecule has 16 heteroatoms. The number of methoxy groups -OCH3 is 2. The molecule has 1 aliphatic rings. The molecule has 56 heavy (non-hydrogen) atoms. The van der Waals surface area contributed by atoms with E-state index in [4.69, 9.17) is 51.6 Å². The molecule has 0 aliphatic carbocycles. The van der Waals surface area contributed by atoms with Gasteiger partial charge in [-0.25, -0.2) is 18.4 Å². The van der Waals surface area contributed by atoms with Crippen LogP contribution in [0, 0.1) is 28.4 Å². The van der Waals surface area contributed by atoms with Gasteiger partial charge >= 0.3 is 11.9 Å². The SMILES string of the molecule is COCCOCCOCCOC(=O)COC(=O)c1ccc(NC(=O)[C@@H]2N[C@@H](CC(C)(C)C)[C@](C#N)(c3ccc(Cl)cc3F)[C@H]2c2cccc(Cl)c2F)c(OC)c1. The first-order valence-corrected chi connectivity index (χ1v) is 18.4. The lowest BCUT2D eigenvalue weighted by atomic mass is 9.62. The lowest BCUT2D eigenvalue weighted by Crippen LogP contribution is -2.45. The van der Waals surface area contributed by atoms with Gasteiger partial charge in [0, 0.05) is 29.7 Å². The topological polar surface area (TPSA) is 154 Å². The monoisotopic (exact) mass is 819 g/mol. The molecular formula is C40H45Cl2F2N3O9. The van der Waals surface area contributed by atoms with Gasteiger partial charge in [0.1, 0.15) is 29.4 Å². The molecule has 0 bridgehead atoms. The first-order chi connectivity index (χ1) is 26.7. The average molecular weight is 821 g/mol. The van der Waals surface area contributed by atoms with Crippen LogP contribution in [-0.2, 0) is 38.7 Å². The fourth-order valence-electron chi connectivity index (χ4n) is 6.62. The minimum absolute atomic E-state index is 0.00530. The van der Waals surface area contributed by atoms with Crippen LogP contribution in [0.4, 0.5) is 14.5 Å². The number of benzene rings is 3. The number of carbonyl (C=O) groups excluding carboxylic acids is 3. The Labute approximate surface area is 334 Å². The summed E-state index contributed by atoms with van der Waals surface area (Å²) < 4.78 is 63.0. The van der Waals surface area contributed by atoms with Gasteiger partial charge in [-0.05, 0) is 53.8 Å². The molecule has 1 saturated heterocycles. The molecule has 1 fully saturated rings. The van der Waals surface area contributed by atoms with Gasteiger partial charge in [0.05, 0.1) is 68.5 Å². The fourth-order valence-corrected chi connectivity index (χ4v) is 6.96. The third kappa shape index (κ3) is 10.9. The van der Waals surface area contributed by atoms with Crippen molar-refractivity contribution in [3.05, 3.63) is 93.0 Å². The number of halogens is 4. The van der Waals surface area contributed by atoms with Crippen molar-refractivity contribution in [2.75, 3.05) is 65.8 Å². The fraction of sp³-hybridized carbons (Fsp3) is 0.450. The van der Waals surface area contributed by atoms with Crippen molar-refractivity contribution < 1.29 is 51.6 Å². The second kappa shape index (κ2) is 20.2. The second-order valence-corrected chi connectivity index (χ2v) is 14.9. The Morgan fingerprint density at radius 3 is 2.27 bits per heavy atom. The highest BCUT2D eigenvalue weighted by atomic mass is 35.5. The Bertz CT molecular complexity index is 1910. The number of hydrogen-bond acceptors (Lipinski definition) is 11. The lowest BCUT2D eigenvalue weighted by Gasteiger charge is -2.37. The third-order valence-electron chi connectivity index (χ3n) is 9.04. The van der Waals surface area contributed by atoms with Gasteiger partial charge in [-0.15, -0.1) is 0 Å². The van der Waals surface area contributed by atoms with Crippen LogP contribution in [0.3, 0.4) is 0 Å². The van der Waals surface area contributed by atoms with E-state index in [1.54, 1.807) is 7.11 Å². The number of ether oxygens (including phenoxy) is 6.